The van der Waals surface area contributed by atoms with Gasteiger partial charge in [-0.1, -0.05) is 36.4 Å². The lowest BCUT2D eigenvalue weighted by atomic mass is 10.1. The molecule has 38 heavy (non-hydrogen) atoms. The van der Waals surface area contributed by atoms with Gasteiger partial charge in [0.25, 0.3) is 5.91 Å². The van der Waals surface area contributed by atoms with Crippen LogP contribution in [0.15, 0.2) is 103 Å². The quantitative estimate of drug-likeness (QED) is 0.231. The highest BCUT2D eigenvalue weighted by molar-refractivity contribution is 6.04. The van der Waals surface area contributed by atoms with Crippen molar-refractivity contribution in [1.29, 1.82) is 0 Å². The summed E-state index contributed by atoms with van der Waals surface area (Å²) in [5.74, 6) is -0.853. The second-order valence-corrected chi connectivity index (χ2v) is 8.34. The Morgan fingerprint density at radius 3 is 2.16 bits per heavy atom. The van der Waals surface area contributed by atoms with Crippen LogP contribution in [-0.4, -0.2) is 28.0 Å². The van der Waals surface area contributed by atoms with Gasteiger partial charge in [-0.15, -0.1) is 0 Å². The maximum absolute atomic E-state index is 12.7. The third-order valence-electron chi connectivity index (χ3n) is 5.51. The number of hydrogen-bond acceptors (Lipinski definition) is 5. The molecule has 0 spiro atoms. The molecule has 0 aliphatic carbocycles. The van der Waals surface area contributed by atoms with E-state index in [-0.39, 0.29) is 18.4 Å². The number of rotatable bonds is 10. The van der Waals surface area contributed by atoms with Crippen molar-refractivity contribution in [2.24, 2.45) is 0 Å². The number of carboxylic acids is 1. The van der Waals surface area contributed by atoms with Gasteiger partial charge >= 0.3 is 12.0 Å². The highest BCUT2D eigenvalue weighted by Crippen LogP contribution is 2.26. The SMILES string of the molecule is O=C(O)CC(Oc1ccc(NC(=O)c2ccc(NC(=O)NCc3ccccc3)cc2)cc1)c1cccnc1. The first-order chi connectivity index (χ1) is 18.5. The normalized spacial score (nSPS) is 11.2. The van der Waals surface area contributed by atoms with Crippen molar-refractivity contribution in [2.45, 2.75) is 19.1 Å². The number of nitrogens with zero attached hydrogens (tertiary/aromatic N) is 1. The molecular weight excluding hydrogens is 484 g/mol. The third kappa shape index (κ3) is 7.66. The molecule has 0 fully saturated rings. The second kappa shape index (κ2) is 12.7. The predicted octanol–water partition coefficient (Wildman–Crippen LogP) is 5.25. The van der Waals surface area contributed by atoms with E-state index < -0.39 is 12.1 Å². The van der Waals surface area contributed by atoms with Gasteiger partial charge < -0.3 is 25.8 Å². The Balaban J connectivity index is 1.30. The summed E-state index contributed by atoms with van der Waals surface area (Å²) in [7, 11) is 0. The molecule has 4 N–H and O–H groups in total. The Labute approximate surface area is 219 Å². The van der Waals surface area contributed by atoms with Crippen molar-refractivity contribution in [2.75, 3.05) is 10.6 Å². The van der Waals surface area contributed by atoms with Crippen LogP contribution in [0.1, 0.15) is 34.0 Å². The zero-order valence-electron chi connectivity index (χ0n) is 20.3. The van der Waals surface area contributed by atoms with Crippen molar-refractivity contribution in [1.82, 2.24) is 10.3 Å². The number of anilines is 2. The number of carbonyl (C=O) groups excluding carboxylic acids is 2. The summed E-state index contributed by atoms with van der Waals surface area (Å²) < 4.78 is 5.87. The standard InChI is InChI=1S/C29H26N4O5/c34-27(35)17-26(22-7-4-16-30-19-22)38-25-14-12-23(13-15-25)32-28(36)21-8-10-24(11-9-21)33-29(37)31-18-20-5-2-1-3-6-20/h1-16,19,26H,17-18H2,(H,32,36)(H,34,35)(H2,31,33,37). The molecule has 1 aromatic heterocycles. The van der Waals surface area contributed by atoms with Crippen LogP contribution >= 0.6 is 0 Å². The maximum atomic E-state index is 12.7. The fourth-order valence-corrected chi connectivity index (χ4v) is 3.60. The lowest BCUT2D eigenvalue weighted by molar-refractivity contribution is -0.138. The van der Waals surface area contributed by atoms with E-state index in [1.165, 1.54) is 0 Å². The van der Waals surface area contributed by atoms with Crippen molar-refractivity contribution in [3.63, 3.8) is 0 Å². The topological polar surface area (TPSA) is 130 Å². The Hall–Kier alpha value is -5.18. The molecule has 3 amide bonds. The monoisotopic (exact) mass is 510 g/mol. The van der Waals surface area contributed by atoms with Crippen molar-refractivity contribution < 1.29 is 24.2 Å². The molecule has 0 aliphatic rings. The zero-order valence-corrected chi connectivity index (χ0v) is 20.3. The molecule has 9 heteroatoms. The van der Waals surface area contributed by atoms with Crippen LogP contribution in [0.5, 0.6) is 5.75 Å². The summed E-state index contributed by atoms with van der Waals surface area (Å²) in [4.78, 5) is 40.1. The molecule has 0 saturated heterocycles. The summed E-state index contributed by atoms with van der Waals surface area (Å²) >= 11 is 0. The minimum atomic E-state index is -0.989. The van der Waals surface area contributed by atoms with E-state index in [0.29, 0.717) is 34.8 Å². The highest BCUT2D eigenvalue weighted by Gasteiger charge is 2.18. The van der Waals surface area contributed by atoms with E-state index in [0.717, 1.165) is 5.56 Å². The van der Waals surface area contributed by atoms with Gasteiger partial charge in [-0.25, -0.2) is 4.79 Å². The van der Waals surface area contributed by atoms with Crippen LogP contribution in [0.4, 0.5) is 16.2 Å². The van der Waals surface area contributed by atoms with Gasteiger partial charge in [-0.2, -0.15) is 0 Å². The molecule has 192 valence electrons. The summed E-state index contributed by atoms with van der Waals surface area (Å²) in [5, 5.41) is 17.6. The first kappa shape index (κ1) is 25.9. The summed E-state index contributed by atoms with van der Waals surface area (Å²) in [6, 6.07) is 25.9. The summed E-state index contributed by atoms with van der Waals surface area (Å²) in [6.45, 7) is 0.403. The van der Waals surface area contributed by atoms with E-state index in [1.54, 1.807) is 73.1 Å². The van der Waals surface area contributed by atoms with Gasteiger partial charge in [0, 0.05) is 41.4 Å². The minimum absolute atomic E-state index is 0.219. The average Bonchev–Trinajstić information content (AvgIpc) is 2.94. The van der Waals surface area contributed by atoms with E-state index in [9.17, 15) is 19.5 Å². The van der Waals surface area contributed by atoms with Gasteiger partial charge in [0.2, 0.25) is 0 Å². The number of hydrogen-bond donors (Lipinski definition) is 4. The van der Waals surface area contributed by atoms with E-state index >= 15 is 0 Å². The molecular formula is C29H26N4O5. The van der Waals surface area contributed by atoms with Crippen LogP contribution < -0.4 is 20.7 Å². The molecule has 4 rings (SSSR count). The number of carbonyl (C=O) groups is 3. The number of aliphatic carboxylic acids is 1. The van der Waals surface area contributed by atoms with Crippen LogP contribution in [0, 0.1) is 0 Å². The van der Waals surface area contributed by atoms with E-state index in [4.69, 9.17) is 4.74 Å². The molecule has 0 bridgehead atoms. The van der Waals surface area contributed by atoms with Gasteiger partial charge in [-0.3, -0.25) is 14.6 Å². The van der Waals surface area contributed by atoms with E-state index in [2.05, 4.69) is 20.9 Å². The summed E-state index contributed by atoms with van der Waals surface area (Å²) in [5.41, 5.74) is 3.15. The number of carboxylic acid groups (broad SMARTS) is 1. The van der Waals surface area contributed by atoms with Crippen LogP contribution in [0.25, 0.3) is 0 Å². The lowest BCUT2D eigenvalue weighted by Gasteiger charge is -2.18. The fourth-order valence-electron chi connectivity index (χ4n) is 3.60. The second-order valence-electron chi connectivity index (χ2n) is 8.34. The van der Waals surface area contributed by atoms with Crippen LogP contribution in [0.3, 0.4) is 0 Å². The third-order valence-corrected chi connectivity index (χ3v) is 5.51. The summed E-state index contributed by atoms with van der Waals surface area (Å²) in [6.07, 6.45) is 2.26. The van der Waals surface area contributed by atoms with Gasteiger partial charge in [0.05, 0.1) is 6.42 Å². The molecule has 1 heterocycles. The lowest BCUT2D eigenvalue weighted by Crippen LogP contribution is -2.28. The van der Waals surface area contributed by atoms with Gasteiger partial charge in [0.1, 0.15) is 11.9 Å². The number of ether oxygens (including phenoxy) is 1. The Kier molecular flexibility index (Phi) is 8.64. The molecule has 0 saturated carbocycles. The zero-order chi connectivity index (χ0) is 26.7. The molecule has 4 aromatic rings. The van der Waals surface area contributed by atoms with Crippen LogP contribution in [0.2, 0.25) is 0 Å². The molecule has 0 aliphatic heterocycles. The largest absolute Gasteiger partial charge is 0.485 e. The average molecular weight is 511 g/mol. The molecule has 3 aromatic carbocycles. The first-order valence-electron chi connectivity index (χ1n) is 11.8. The molecule has 1 atom stereocenters. The fraction of sp³-hybridized carbons (Fsp3) is 0.103. The highest BCUT2D eigenvalue weighted by atomic mass is 16.5. The van der Waals surface area contributed by atoms with Crippen LogP contribution in [-0.2, 0) is 11.3 Å². The van der Waals surface area contributed by atoms with Gasteiger partial charge in [0.15, 0.2) is 0 Å². The van der Waals surface area contributed by atoms with Crippen molar-refractivity contribution >= 4 is 29.3 Å². The van der Waals surface area contributed by atoms with Gasteiger partial charge in [-0.05, 0) is 60.2 Å². The molecule has 0 radical (unpaired) electrons. The number of amides is 3. The smallest absolute Gasteiger partial charge is 0.319 e. The van der Waals surface area contributed by atoms with Crippen molar-refractivity contribution in [3.05, 3.63) is 120 Å². The number of benzene rings is 3. The van der Waals surface area contributed by atoms with E-state index in [1.807, 2.05) is 30.3 Å². The Morgan fingerprint density at radius 2 is 1.50 bits per heavy atom. The molecule has 1 unspecified atom stereocenters. The number of pyridine rings is 1. The number of aromatic nitrogens is 1. The number of nitrogens with one attached hydrogen (secondary N) is 3. The Morgan fingerprint density at radius 1 is 0.816 bits per heavy atom. The minimum Gasteiger partial charge on any atom is -0.485 e. The predicted molar refractivity (Wildman–Crippen MR) is 143 cm³/mol. The Bertz CT molecular complexity index is 1360. The number of urea groups is 1. The first-order valence-corrected chi connectivity index (χ1v) is 11.8. The van der Waals surface area contributed by atoms with Crippen molar-refractivity contribution in [3.8, 4) is 5.75 Å². The maximum Gasteiger partial charge on any atom is 0.319 e. The molecule has 9 nitrogen and oxygen atoms in total.